The molecule has 5 nitrogen and oxygen atoms in total. The van der Waals surface area contributed by atoms with Crippen molar-refractivity contribution in [1.82, 2.24) is 0 Å². The van der Waals surface area contributed by atoms with Crippen LogP contribution >= 0.6 is 15.9 Å². The van der Waals surface area contributed by atoms with E-state index in [0.29, 0.717) is 38.4 Å². The second-order valence-electron chi connectivity index (χ2n) is 5.06. The molecule has 2 aromatic rings. The van der Waals surface area contributed by atoms with Crippen molar-refractivity contribution in [1.29, 1.82) is 0 Å². The molecule has 0 aromatic heterocycles. The predicted octanol–water partition coefficient (Wildman–Crippen LogP) is 3.87. The van der Waals surface area contributed by atoms with Crippen molar-refractivity contribution in [3.8, 4) is 17.2 Å². The van der Waals surface area contributed by atoms with Crippen LogP contribution in [0.25, 0.3) is 0 Å². The number of hydrogen-bond acceptors (Lipinski definition) is 5. The Balaban J connectivity index is 2.28. The number of benzene rings is 2. The molecule has 0 aliphatic carbocycles. The largest absolute Gasteiger partial charge is 0.493 e. The number of hydrogen-bond donors (Lipinski definition) is 0. The van der Waals surface area contributed by atoms with Crippen LogP contribution in [0.15, 0.2) is 28.7 Å². The third kappa shape index (κ3) is 2.49. The first-order chi connectivity index (χ1) is 11.5. The van der Waals surface area contributed by atoms with Gasteiger partial charge in [0, 0.05) is 10.0 Å². The molecule has 0 saturated heterocycles. The molecular formula is C17H14BrFO5. The quantitative estimate of drug-likeness (QED) is 0.734. The van der Waals surface area contributed by atoms with Crippen LogP contribution in [0.2, 0.25) is 0 Å². The van der Waals surface area contributed by atoms with E-state index < -0.39 is 17.9 Å². The zero-order valence-corrected chi connectivity index (χ0v) is 14.8. The molecule has 0 N–H and O–H groups in total. The second-order valence-corrected chi connectivity index (χ2v) is 5.91. The van der Waals surface area contributed by atoms with Gasteiger partial charge in [-0.2, -0.15) is 0 Å². The molecule has 0 fully saturated rings. The summed E-state index contributed by atoms with van der Waals surface area (Å²) in [7, 11) is 4.39. The van der Waals surface area contributed by atoms with E-state index in [1.54, 1.807) is 6.07 Å². The first-order valence-electron chi connectivity index (χ1n) is 7.00. The van der Waals surface area contributed by atoms with Gasteiger partial charge >= 0.3 is 5.97 Å². The average molecular weight is 397 g/mol. The molecule has 24 heavy (non-hydrogen) atoms. The Morgan fingerprint density at radius 3 is 2.42 bits per heavy atom. The Morgan fingerprint density at radius 1 is 1.08 bits per heavy atom. The maximum absolute atomic E-state index is 13.7. The van der Waals surface area contributed by atoms with Crippen LogP contribution in [0, 0.1) is 5.82 Å². The minimum absolute atomic E-state index is 0.297. The molecule has 7 heteroatoms. The summed E-state index contributed by atoms with van der Waals surface area (Å²) in [6.45, 7) is 0. The molecule has 1 atom stereocenters. The maximum atomic E-state index is 13.7. The van der Waals surface area contributed by atoms with Crippen molar-refractivity contribution < 1.29 is 28.1 Å². The fraction of sp³-hybridized carbons (Fsp3) is 0.235. The van der Waals surface area contributed by atoms with Crippen LogP contribution in [-0.4, -0.2) is 27.3 Å². The molecule has 3 rings (SSSR count). The summed E-state index contributed by atoms with van der Waals surface area (Å²) in [6, 6.07) is 5.72. The lowest BCUT2D eigenvalue weighted by atomic mass is 9.97. The molecule has 126 valence electrons. The van der Waals surface area contributed by atoms with E-state index in [1.807, 2.05) is 0 Å². The highest BCUT2D eigenvalue weighted by Gasteiger charge is 2.39. The van der Waals surface area contributed by atoms with Gasteiger partial charge in [-0.15, -0.1) is 0 Å². The lowest BCUT2D eigenvalue weighted by Gasteiger charge is -2.18. The monoisotopic (exact) mass is 396 g/mol. The van der Waals surface area contributed by atoms with Crippen LogP contribution in [0.5, 0.6) is 17.2 Å². The van der Waals surface area contributed by atoms with Crippen molar-refractivity contribution in [2.45, 2.75) is 6.10 Å². The van der Waals surface area contributed by atoms with E-state index >= 15 is 0 Å². The molecule has 0 bridgehead atoms. The van der Waals surface area contributed by atoms with Gasteiger partial charge in [0.15, 0.2) is 17.6 Å². The molecule has 0 amide bonds. The van der Waals surface area contributed by atoms with Crippen LogP contribution in [-0.2, 0) is 4.74 Å². The normalized spacial score (nSPS) is 15.7. The van der Waals surface area contributed by atoms with Gasteiger partial charge in [0.2, 0.25) is 5.75 Å². The maximum Gasteiger partial charge on any atom is 0.339 e. The van der Waals surface area contributed by atoms with Crippen LogP contribution < -0.4 is 14.2 Å². The summed E-state index contributed by atoms with van der Waals surface area (Å²) in [5.41, 5.74) is 1.25. The molecule has 1 aliphatic heterocycles. The Kier molecular flexibility index (Phi) is 4.36. The van der Waals surface area contributed by atoms with Gasteiger partial charge in [-0.3, -0.25) is 0 Å². The number of cyclic esters (lactones) is 1. The lowest BCUT2D eigenvalue weighted by molar-refractivity contribution is 0.0452. The van der Waals surface area contributed by atoms with Crippen molar-refractivity contribution in [3.05, 3.63) is 51.2 Å². The van der Waals surface area contributed by atoms with Gasteiger partial charge in [0.05, 0.1) is 32.5 Å². The van der Waals surface area contributed by atoms with Gasteiger partial charge in [-0.1, -0.05) is 15.9 Å². The molecule has 1 aliphatic rings. The van der Waals surface area contributed by atoms with Gasteiger partial charge in [0.25, 0.3) is 0 Å². The number of carbonyl (C=O) groups excluding carboxylic acids is 1. The minimum atomic E-state index is -0.813. The smallest absolute Gasteiger partial charge is 0.339 e. The van der Waals surface area contributed by atoms with Gasteiger partial charge in [-0.25, -0.2) is 9.18 Å². The summed E-state index contributed by atoms with van der Waals surface area (Å²) in [6.07, 6.45) is -0.813. The van der Waals surface area contributed by atoms with Crippen LogP contribution in [0.1, 0.15) is 27.6 Å². The summed E-state index contributed by atoms with van der Waals surface area (Å²) in [5, 5.41) is 0. The van der Waals surface area contributed by atoms with E-state index in [9.17, 15) is 9.18 Å². The zero-order chi connectivity index (χ0) is 17.4. The number of esters is 1. The summed E-state index contributed by atoms with van der Waals surface area (Å²) >= 11 is 3.37. The van der Waals surface area contributed by atoms with Gasteiger partial charge in [0.1, 0.15) is 5.82 Å². The molecule has 1 unspecified atom stereocenters. The average Bonchev–Trinajstić information content (AvgIpc) is 2.91. The van der Waals surface area contributed by atoms with Crippen LogP contribution in [0.4, 0.5) is 4.39 Å². The van der Waals surface area contributed by atoms with Crippen molar-refractivity contribution in [3.63, 3.8) is 0 Å². The predicted molar refractivity (Wildman–Crippen MR) is 87.5 cm³/mol. The standard InChI is InChI=1S/C17H14BrFO5/c1-21-12-7-10-13(16(23-3)15(12)22-2)14(24-17(10)20)9-6-8(19)4-5-11(9)18/h4-7,14H,1-3H3. The van der Waals surface area contributed by atoms with E-state index in [-0.39, 0.29) is 0 Å². The van der Waals surface area contributed by atoms with Gasteiger partial charge in [-0.05, 0) is 24.3 Å². The van der Waals surface area contributed by atoms with Gasteiger partial charge < -0.3 is 18.9 Å². The number of carbonyl (C=O) groups is 1. The van der Waals surface area contributed by atoms with Crippen LogP contribution in [0.3, 0.4) is 0 Å². The zero-order valence-electron chi connectivity index (χ0n) is 13.2. The Labute approximate surface area is 146 Å². The van der Waals surface area contributed by atoms with E-state index in [2.05, 4.69) is 15.9 Å². The second kappa shape index (κ2) is 6.32. The van der Waals surface area contributed by atoms with Crippen molar-refractivity contribution >= 4 is 21.9 Å². The highest BCUT2D eigenvalue weighted by atomic mass is 79.9. The Hall–Kier alpha value is -2.28. The Bertz CT molecular complexity index is 821. The third-order valence-electron chi connectivity index (χ3n) is 3.82. The number of halogens is 2. The molecule has 2 aromatic carbocycles. The molecular weight excluding hydrogens is 383 g/mol. The van der Waals surface area contributed by atoms with Crippen molar-refractivity contribution in [2.75, 3.05) is 21.3 Å². The highest BCUT2D eigenvalue weighted by Crippen LogP contribution is 2.51. The van der Waals surface area contributed by atoms with E-state index in [4.69, 9.17) is 18.9 Å². The lowest BCUT2D eigenvalue weighted by Crippen LogP contribution is -2.05. The number of methoxy groups -OCH3 is 3. The summed E-state index contributed by atoms with van der Waals surface area (Å²) in [5.74, 6) is 0.0417. The molecule has 0 radical (unpaired) electrons. The highest BCUT2D eigenvalue weighted by molar-refractivity contribution is 9.10. The minimum Gasteiger partial charge on any atom is -0.493 e. The molecule has 0 spiro atoms. The van der Waals surface area contributed by atoms with E-state index in [1.165, 1.54) is 39.5 Å². The number of rotatable bonds is 4. The third-order valence-corrected chi connectivity index (χ3v) is 4.54. The Morgan fingerprint density at radius 2 is 1.79 bits per heavy atom. The fourth-order valence-electron chi connectivity index (χ4n) is 2.77. The molecule has 0 saturated carbocycles. The molecule has 1 heterocycles. The fourth-order valence-corrected chi connectivity index (χ4v) is 3.23. The first kappa shape index (κ1) is 16.6. The summed E-state index contributed by atoms with van der Waals surface area (Å²) in [4.78, 5) is 12.3. The topological polar surface area (TPSA) is 54.0 Å². The number of ether oxygens (including phenoxy) is 4. The van der Waals surface area contributed by atoms with E-state index in [0.717, 1.165) is 0 Å². The summed E-state index contributed by atoms with van der Waals surface area (Å²) < 4.78 is 35.8. The van der Waals surface area contributed by atoms with Crippen molar-refractivity contribution in [2.24, 2.45) is 0 Å². The SMILES string of the molecule is COc1cc2c(c(OC)c1OC)C(c1cc(F)ccc1Br)OC2=O. The number of fused-ring (bicyclic) bond motifs is 1. The first-order valence-corrected chi connectivity index (χ1v) is 7.79.